The first kappa shape index (κ1) is 22.8. The number of carbonyl (C=O) groups is 3. The lowest BCUT2D eigenvalue weighted by molar-refractivity contribution is -0.167. The molecule has 1 amide bonds. The summed E-state index contributed by atoms with van der Waals surface area (Å²) in [4.78, 5) is 36.5. The third kappa shape index (κ3) is 5.33. The molecule has 8 heteroatoms. The van der Waals surface area contributed by atoms with E-state index in [4.69, 9.17) is 9.90 Å². The number of aliphatic carboxylic acids is 1. The van der Waals surface area contributed by atoms with Gasteiger partial charge in [0.2, 0.25) is 5.91 Å². The molecule has 1 aromatic carbocycles. The molecule has 1 saturated heterocycles. The van der Waals surface area contributed by atoms with E-state index in [2.05, 4.69) is 17.0 Å². The molecule has 1 aromatic rings. The Kier molecular flexibility index (Phi) is 8.16. The molecule has 0 saturated carbocycles. The minimum absolute atomic E-state index is 0.0288. The average Bonchev–Trinajstić information content (AvgIpc) is 2.70. The molecule has 0 spiro atoms. The van der Waals surface area contributed by atoms with E-state index in [0.29, 0.717) is 32.4 Å². The molecule has 0 radical (unpaired) electrons. The Morgan fingerprint density at radius 2 is 1.90 bits per heavy atom. The van der Waals surface area contributed by atoms with Gasteiger partial charge in [-0.3, -0.25) is 19.3 Å². The molecule has 2 atom stereocenters. The molecule has 0 aliphatic carbocycles. The lowest BCUT2D eigenvalue weighted by Crippen LogP contribution is -2.57. The maximum atomic E-state index is 12.7. The number of benzene rings is 1. The van der Waals surface area contributed by atoms with Crippen LogP contribution in [-0.2, 0) is 27.3 Å². The summed E-state index contributed by atoms with van der Waals surface area (Å²) >= 11 is 0. The topological polar surface area (TPSA) is 118 Å². The Balaban J connectivity index is 0.000000941. The summed E-state index contributed by atoms with van der Waals surface area (Å²) in [7, 11) is 0. The van der Waals surface area contributed by atoms with Crippen molar-refractivity contribution in [3.05, 3.63) is 35.4 Å². The molecule has 0 unspecified atom stereocenters. The highest BCUT2D eigenvalue weighted by atomic mass is 16.4. The van der Waals surface area contributed by atoms with Gasteiger partial charge in [-0.2, -0.15) is 0 Å². The number of amides is 1. The van der Waals surface area contributed by atoms with E-state index in [-0.39, 0.29) is 18.9 Å². The summed E-state index contributed by atoms with van der Waals surface area (Å²) in [6.45, 7) is 4.08. The zero-order valence-corrected chi connectivity index (χ0v) is 16.8. The summed E-state index contributed by atoms with van der Waals surface area (Å²) in [6, 6.07) is 8.29. The molecule has 2 heterocycles. The minimum atomic E-state index is -1.12. The number of nitrogens with zero attached hydrogens (tertiary/aromatic N) is 2. The van der Waals surface area contributed by atoms with Crippen LogP contribution in [0.4, 0.5) is 0 Å². The number of β-amino-alcohol motifs (C(OH)–C–C–N with tert-alkyl or cyclic N) is 1. The number of carbonyl (C=O) groups excluding carboxylic acids is 1. The maximum Gasteiger partial charge on any atom is 0.312 e. The van der Waals surface area contributed by atoms with Crippen molar-refractivity contribution in [1.82, 2.24) is 9.80 Å². The molecular formula is C21H30N2O6. The van der Waals surface area contributed by atoms with Crippen LogP contribution in [0.3, 0.4) is 0 Å². The van der Waals surface area contributed by atoms with E-state index in [9.17, 15) is 19.8 Å². The third-order valence-electron chi connectivity index (χ3n) is 5.90. The number of fused-ring (bicyclic) bond motifs is 1. The molecular weight excluding hydrogens is 376 g/mol. The Hall–Kier alpha value is -2.45. The lowest BCUT2D eigenvalue weighted by Gasteiger charge is -2.43. The minimum Gasteiger partial charge on any atom is -0.483 e. The Bertz CT molecular complexity index is 725. The quantitative estimate of drug-likeness (QED) is 0.629. The zero-order chi connectivity index (χ0) is 21.4. The molecule has 3 N–H and O–H groups in total. The fourth-order valence-corrected chi connectivity index (χ4v) is 4.28. The molecule has 0 aromatic heterocycles. The number of carboxylic acids is 1. The Morgan fingerprint density at radius 3 is 2.48 bits per heavy atom. The summed E-state index contributed by atoms with van der Waals surface area (Å²) in [5.74, 6) is -0.981. The van der Waals surface area contributed by atoms with Gasteiger partial charge in [-0.15, -0.1) is 0 Å². The second-order valence-electron chi connectivity index (χ2n) is 7.65. The highest BCUT2D eigenvalue weighted by Crippen LogP contribution is 2.37. The number of carboxylic acid groups (broad SMARTS) is 2. The largest absolute Gasteiger partial charge is 0.483 e. The van der Waals surface area contributed by atoms with Crippen molar-refractivity contribution in [1.29, 1.82) is 0 Å². The highest BCUT2D eigenvalue weighted by molar-refractivity contribution is 5.80. The van der Waals surface area contributed by atoms with Gasteiger partial charge in [-0.05, 0) is 30.4 Å². The van der Waals surface area contributed by atoms with E-state index >= 15 is 0 Å². The van der Waals surface area contributed by atoms with E-state index < -0.39 is 17.5 Å². The number of aliphatic hydroxyl groups is 1. The normalized spacial score (nSPS) is 24.1. The number of hydrogen-bond donors (Lipinski definition) is 3. The number of aliphatic hydroxyl groups excluding tert-OH is 1. The average molecular weight is 406 g/mol. The summed E-state index contributed by atoms with van der Waals surface area (Å²) in [5, 5.41) is 27.0. The van der Waals surface area contributed by atoms with Gasteiger partial charge in [-0.25, -0.2) is 0 Å². The first-order chi connectivity index (χ1) is 13.9. The van der Waals surface area contributed by atoms with Crippen LogP contribution in [-0.4, -0.2) is 75.8 Å². The summed E-state index contributed by atoms with van der Waals surface area (Å²) in [5.41, 5.74) is 1.49. The standard InChI is InChI=1S/C20H28N2O4.CH2O2/c1-2-8-20(19(25)26)9-11-22(13-17(20)23)18(24)14-21-10-7-15-5-3-4-6-16(15)12-21;2-1-3/h3-6,17,23H,2,7-14H2,1H3,(H,25,26);1H,(H,2,3)/t17-,20-;/m0./s1. The lowest BCUT2D eigenvalue weighted by atomic mass is 9.73. The van der Waals surface area contributed by atoms with Gasteiger partial charge < -0.3 is 20.2 Å². The van der Waals surface area contributed by atoms with Gasteiger partial charge in [0.15, 0.2) is 0 Å². The molecule has 1 fully saturated rings. The molecule has 3 rings (SSSR count). The molecule has 2 aliphatic heterocycles. The van der Waals surface area contributed by atoms with Crippen molar-refractivity contribution in [3.63, 3.8) is 0 Å². The molecule has 29 heavy (non-hydrogen) atoms. The van der Waals surface area contributed by atoms with Gasteiger partial charge in [0.25, 0.3) is 6.47 Å². The van der Waals surface area contributed by atoms with Crippen LogP contribution in [0.1, 0.15) is 37.3 Å². The monoisotopic (exact) mass is 406 g/mol. The van der Waals surface area contributed by atoms with E-state index in [0.717, 1.165) is 19.5 Å². The molecule has 0 bridgehead atoms. The third-order valence-corrected chi connectivity index (χ3v) is 5.90. The van der Waals surface area contributed by atoms with Crippen LogP contribution in [0.25, 0.3) is 0 Å². The fourth-order valence-electron chi connectivity index (χ4n) is 4.28. The van der Waals surface area contributed by atoms with Crippen molar-refractivity contribution in [3.8, 4) is 0 Å². The van der Waals surface area contributed by atoms with Crippen LogP contribution < -0.4 is 0 Å². The van der Waals surface area contributed by atoms with Crippen LogP contribution >= 0.6 is 0 Å². The first-order valence-corrected chi connectivity index (χ1v) is 9.94. The Morgan fingerprint density at radius 1 is 1.24 bits per heavy atom. The van der Waals surface area contributed by atoms with E-state index in [1.807, 2.05) is 19.1 Å². The fraction of sp³-hybridized carbons (Fsp3) is 0.571. The van der Waals surface area contributed by atoms with Gasteiger partial charge in [-0.1, -0.05) is 37.6 Å². The van der Waals surface area contributed by atoms with Gasteiger partial charge in [0, 0.05) is 26.2 Å². The number of hydrogen-bond acceptors (Lipinski definition) is 5. The van der Waals surface area contributed by atoms with Crippen molar-refractivity contribution in [2.24, 2.45) is 5.41 Å². The van der Waals surface area contributed by atoms with Crippen LogP contribution in [0.15, 0.2) is 24.3 Å². The summed E-state index contributed by atoms with van der Waals surface area (Å²) < 4.78 is 0. The Labute approximate surface area is 170 Å². The van der Waals surface area contributed by atoms with Crippen molar-refractivity contribution in [2.45, 2.75) is 45.3 Å². The maximum absolute atomic E-state index is 12.7. The summed E-state index contributed by atoms with van der Waals surface area (Å²) in [6.07, 6.45) is 1.37. The smallest absolute Gasteiger partial charge is 0.312 e. The zero-order valence-electron chi connectivity index (χ0n) is 16.8. The second kappa shape index (κ2) is 10.4. The van der Waals surface area contributed by atoms with E-state index in [1.54, 1.807) is 4.90 Å². The van der Waals surface area contributed by atoms with Crippen molar-refractivity contribution in [2.75, 3.05) is 26.2 Å². The second-order valence-corrected chi connectivity index (χ2v) is 7.65. The van der Waals surface area contributed by atoms with Crippen LogP contribution in [0.5, 0.6) is 0 Å². The van der Waals surface area contributed by atoms with Crippen LogP contribution in [0, 0.1) is 5.41 Å². The van der Waals surface area contributed by atoms with Gasteiger partial charge >= 0.3 is 5.97 Å². The van der Waals surface area contributed by atoms with Crippen molar-refractivity contribution < 1.29 is 29.7 Å². The number of likely N-dealkylation sites (tertiary alicyclic amines) is 1. The van der Waals surface area contributed by atoms with Gasteiger partial charge in [0.1, 0.15) is 0 Å². The molecule has 2 aliphatic rings. The number of piperidine rings is 1. The predicted octanol–water partition coefficient (Wildman–Crippen LogP) is 1.21. The number of rotatable bonds is 5. The first-order valence-electron chi connectivity index (χ1n) is 9.94. The van der Waals surface area contributed by atoms with Crippen molar-refractivity contribution >= 4 is 18.3 Å². The van der Waals surface area contributed by atoms with Crippen LogP contribution in [0.2, 0.25) is 0 Å². The highest BCUT2D eigenvalue weighted by Gasteiger charge is 2.48. The predicted molar refractivity (Wildman–Crippen MR) is 106 cm³/mol. The SMILES string of the molecule is CCC[C@]1(C(=O)O)CCN(C(=O)CN2CCc3ccccc3C2)C[C@@H]1O.O=CO. The van der Waals surface area contributed by atoms with Gasteiger partial charge in [0.05, 0.1) is 18.1 Å². The molecule has 160 valence electrons. The van der Waals surface area contributed by atoms with E-state index in [1.165, 1.54) is 11.1 Å². The molecule has 8 nitrogen and oxygen atoms in total.